The minimum absolute atomic E-state index is 0.0116. The summed E-state index contributed by atoms with van der Waals surface area (Å²) in [6.45, 7) is 1.58. The van der Waals surface area contributed by atoms with Gasteiger partial charge in [0, 0.05) is 34.8 Å². The highest BCUT2D eigenvalue weighted by Crippen LogP contribution is 2.30. The predicted molar refractivity (Wildman–Crippen MR) is 199 cm³/mol. The summed E-state index contributed by atoms with van der Waals surface area (Å²) in [6.07, 6.45) is 3.30. The minimum atomic E-state index is -4.92. The van der Waals surface area contributed by atoms with Crippen LogP contribution in [0.2, 0.25) is 0 Å². The number of morpholine rings is 1. The van der Waals surface area contributed by atoms with E-state index in [0.717, 1.165) is 30.5 Å². The van der Waals surface area contributed by atoms with E-state index in [1.807, 2.05) is 0 Å². The van der Waals surface area contributed by atoms with E-state index < -0.39 is 63.0 Å². The van der Waals surface area contributed by atoms with E-state index in [1.54, 1.807) is 4.31 Å². The average molecular weight is 820 g/mol. The number of nitrogens with zero attached hydrogens (tertiary/aromatic N) is 1. The van der Waals surface area contributed by atoms with Crippen molar-refractivity contribution in [2.45, 2.75) is 19.6 Å². The first-order chi connectivity index (χ1) is 25.3. The van der Waals surface area contributed by atoms with Crippen molar-refractivity contribution >= 4 is 76.8 Å². The van der Waals surface area contributed by atoms with Gasteiger partial charge in [0.05, 0.1) is 49.7 Å². The predicted octanol–water partition coefficient (Wildman–Crippen LogP) is 3.62. The molecule has 0 aliphatic carbocycles. The molecule has 54 heavy (non-hydrogen) atoms. The van der Waals surface area contributed by atoms with Gasteiger partial charge in [-0.15, -0.1) is 4.31 Å². The van der Waals surface area contributed by atoms with Crippen LogP contribution in [-0.4, -0.2) is 94.7 Å². The Morgan fingerprint density at radius 2 is 1.24 bits per heavy atom. The van der Waals surface area contributed by atoms with Crippen LogP contribution in [0.15, 0.2) is 98.4 Å². The highest BCUT2D eigenvalue weighted by Gasteiger charge is 2.29. The van der Waals surface area contributed by atoms with E-state index in [-0.39, 0.29) is 49.2 Å². The Labute approximate surface area is 314 Å². The Morgan fingerprint density at radius 3 is 1.70 bits per heavy atom. The summed E-state index contributed by atoms with van der Waals surface area (Å²) in [7, 11) is -11.9. The van der Waals surface area contributed by atoms with E-state index in [4.69, 9.17) is 9.47 Å². The second-order valence-electron chi connectivity index (χ2n) is 11.6. The normalized spacial score (nSPS) is 14.8. The van der Waals surface area contributed by atoms with Crippen LogP contribution in [0.3, 0.4) is 0 Å². The first kappa shape index (κ1) is 40.5. The number of benzene rings is 4. The topological polar surface area (TPSA) is 246 Å². The molecule has 16 nitrogen and oxygen atoms in total. The quantitative estimate of drug-likeness (QED) is 0.0907. The number of hydrogen-bond donors (Lipinski definition) is 4. The molecule has 0 bridgehead atoms. The van der Waals surface area contributed by atoms with Crippen LogP contribution in [-0.2, 0) is 46.2 Å². The summed E-state index contributed by atoms with van der Waals surface area (Å²) in [5.41, 5.74) is -0.206. The molecule has 0 spiro atoms. The lowest BCUT2D eigenvalue weighted by atomic mass is 10.1. The average Bonchev–Trinajstić information content (AvgIpc) is 3.13. The molecular formula is C34H33N3O13S4. The number of sulfone groups is 1. The monoisotopic (exact) mass is 819 g/mol. The van der Waals surface area contributed by atoms with Crippen LogP contribution in [0.5, 0.6) is 5.75 Å². The van der Waals surface area contributed by atoms with Gasteiger partial charge in [0.2, 0.25) is 4.90 Å². The smallest absolute Gasteiger partial charge is 0.295 e. The molecule has 4 aromatic rings. The number of hydrogen-bond acceptors (Lipinski definition) is 12. The zero-order chi connectivity index (χ0) is 39.4. The van der Waals surface area contributed by atoms with Crippen LogP contribution in [0, 0.1) is 0 Å². The highest BCUT2D eigenvalue weighted by atomic mass is 32.2. The fourth-order valence-electron chi connectivity index (χ4n) is 5.19. The summed E-state index contributed by atoms with van der Waals surface area (Å²) in [4.78, 5) is 24.9. The van der Waals surface area contributed by atoms with E-state index >= 15 is 0 Å². The number of nitrogens with one attached hydrogen (secondary N) is 2. The van der Waals surface area contributed by atoms with Crippen LogP contribution in [0.4, 0.5) is 11.4 Å². The second kappa shape index (κ2) is 16.4. The summed E-state index contributed by atoms with van der Waals surface area (Å²) < 4.78 is 118. The molecule has 1 atom stereocenters. The van der Waals surface area contributed by atoms with Crippen molar-refractivity contribution in [3.8, 4) is 5.75 Å². The number of rotatable bonds is 12. The Kier molecular flexibility index (Phi) is 12.3. The lowest BCUT2D eigenvalue weighted by Gasteiger charge is -2.27. The second-order valence-corrected chi connectivity index (χ2v) is 17.9. The molecule has 0 radical (unpaired) electrons. The molecule has 4 aromatic carbocycles. The Morgan fingerprint density at radius 1 is 0.759 bits per heavy atom. The molecule has 0 saturated carbocycles. The molecule has 286 valence electrons. The molecular weight excluding hydrogens is 787 g/mol. The zero-order valence-electron chi connectivity index (χ0n) is 28.5. The van der Waals surface area contributed by atoms with Gasteiger partial charge < -0.3 is 24.7 Å². The maximum atomic E-state index is 13.3. The van der Waals surface area contributed by atoms with Crippen molar-refractivity contribution in [1.29, 1.82) is 0 Å². The number of ether oxygens (including phenoxy) is 2. The third-order valence-corrected chi connectivity index (χ3v) is 12.4. The maximum absolute atomic E-state index is 13.3. The van der Waals surface area contributed by atoms with Crippen molar-refractivity contribution < 1.29 is 58.0 Å². The van der Waals surface area contributed by atoms with Gasteiger partial charge in [-0.05, 0) is 71.8 Å². The molecule has 1 saturated heterocycles. The first-order valence-corrected chi connectivity index (χ1v) is 21.5. The van der Waals surface area contributed by atoms with Gasteiger partial charge in [0.25, 0.3) is 32.1 Å². The van der Waals surface area contributed by atoms with Gasteiger partial charge in [-0.25, -0.2) is 8.42 Å². The summed E-state index contributed by atoms with van der Waals surface area (Å²) in [6, 6.07) is 16.3. The molecule has 1 aliphatic heterocycles. The van der Waals surface area contributed by atoms with E-state index in [1.165, 1.54) is 73.8 Å². The van der Waals surface area contributed by atoms with Crippen LogP contribution in [0.1, 0.15) is 31.8 Å². The van der Waals surface area contributed by atoms with Gasteiger partial charge >= 0.3 is 0 Å². The molecule has 4 N–H and O–H groups in total. The molecule has 2 amide bonds. The molecule has 1 unspecified atom stereocenters. The lowest BCUT2D eigenvalue weighted by Crippen LogP contribution is -2.40. The third kappa shape index (κ3) is 9.91. The Bertz CT molecular complexity index is 2450. The third-order valence-electron chi connectivity index (χ3n) is 7.90. The number of carbonyl (C=O) groups excluding carboxylic acids is 2. The maximum Gasteiger partial charge on any atom is 0.295 e. The van der Waals surface area contributed by atoms with Gasteiger partial charge in [-0.3, -0.25) is 18.7 Å². The summed E-state index contributed by atoms with van der Waals surface area (Å²) >= 11 is -1.67. The van der Waals surface area contributed by atoms with Crippen molar-refractivity contribution in [2.75, 3.05) is 50.3 Å². The molecule has 1 fully saturated rings. The highest BCUT2D eigenvalue weighted by molar-refractivity contribution is 7.90. The lowest BCUT2D eigenvalue weighted by molar-refractivity contribution is 0.0729. The van der Waals surface area contributed by atoms with E-state index in [0.29, 0.717) is 26.3 Å². The van der Waals surface area contributed by atoms with Crippen LogP contribution >= 0.6 is 0 Å². The molecule has 5 rings (SSSR count). The Balaban J connectivity index is 1.38. The van der Waals surface area contributed by atoms with Gasteiger partial charge in [-0.2, -0.15) is 16.8 Å². The van der Waals surface area contributed by atoms with E-state index in [2.05, 4.69) is 10.6 Å². The number of anilines is 2. The van der Waals surface area contributed by atoms with Crippen molar-refractivity contribution in [2.24, 2.45) is 0 Å². The van der Waals surface area contributed by atoms with Crippen molar-refractivity contribution in [1.82, 2.24) is 4.31 Å². The van der Waals surface area contributed by atoms with Gasteiger partial charge in [0.1, 0.15) is 9.79 Å². The zero-order valence-corrected chi connectivity index (χ0v) is 31.7. The van der Waals surface area contributed by atoms with Crippen molar-refractivity contribution in [3.05, 3.63) is 101 Å². The molecule has 1 heterocycles. The largest absolute Gasteiger partial charge is 0.593 e. The molecule has 0 aromatic heterocycles. The minimum Gasteiger partial charge on any atom is -0.593 e. The van der Waals surface area contributed by atoms with Crippen LogP contribution < -0.4 is 15.4 Å². The summed E-state index contributed by atoms with van der Waals surface area (Å²) in [5, 5.41) is 5.00. The number of methoxy groups -OCH3 is 1. The SMILES string of the molecule is COc1ccc(C(=O)Nc2ccc(C=Cc3ccc(NC(=O)c4ccc(S(C)(=O)=O)cc4)cc3S(=O)(=O)O)c(S(=O)(=O)O)c2)cc1[S+]([O-])N1CCOCC1. The van der Waals surface area contributed by atoms with Crippen LogP contribution in [0.25, 0.3) is 12.2 Å². The van der Waals surface area contributed by atoms with E-state index in [9.17, 15) is 48.5 Å². The summed E-state index contributed by atoms with van der Waals surface area (Å²) in [5.74, 6) is -1.12. The van der Waals surface area contributed by atoms with Crippen molar-refractivity contribution in [3.63, 3.8) is 0 Å². The molecule has 20 heteroatoms. The number of carbonyl (C=O) groups is 2. The van der Waals surface area contributed by atoms with Gasteiger partial charge in [0.15, 0.2) is 15.6 Å². The molecule has 1 aliphatic rings. The Hall–Kier alpha value is -4.64. The standard InChI is InChI=1S/C34H33N3O13S4/c1-49-29-14-9-25(19-30(29)51(40)37-15-17-50-18-16-37)34(39)36-27-11-6-23(32(21-27)54(46,47)48)4-3-22-5-10-26(20-31(22)53(43,44)45)35-33(38)24-7-12-28(13-8-24)52(2,41)42/h3-14,19-21H,15-18H2,1-2H3,(H,35,38)(H,36,39)(H,43,44,45)(H,46,47,48). The number of amides is 2. The fourth-order valence-corrected chi connectivity index (χ4v) is 8.55. The first-order valence-electron chi connectivity index (χ1n) is 15.6. The fraction of sp³-hybridized carbons (Fsp3) is 0.176. The van der Waals surface area contributed by atoms with Gasteiger partial charge in [-0.1, -0.05) is 24.3 Å².